The molecule has 106 valence electrons. The highest BCUT2D eigenvalue weighted by molar-refractivity contribution is 7.92. The number of aromatic nitrogens is 1. The van der Waals surface area contributed by atoms with Gasteiger partial charge in [-0.1, -0.05) is 23.7 Å². The van der Waals surface area contributed by atoms with Gasteiger partial charge in [0.25, 0.3) is 10.0 Å². The second-order valence-corrected chi connectivity index (χ2v) is 6.32. The average molecular weight is 312 g/mol. The molecule has 1 heterocycles. The van der Waals surface area contributed by atoms with Crippen molar-refractivity contribution >= 4 is 33.1 Å². The maximum absolute atomic E-state index is 12.2. The predicted molar refractivity (Wildman–Crippen MR) is 80.8 cm³/mol. The highest BCUT2D eigenvalue weighted by Gasteiger charge is 2.16. The average Bonchev–Trinajstić information content (AvgIpc) is 2.38. The van der Waals surface area contributed by atoms with Gasteiger partial charge >= 0.3 is 0 Å². The zero-order valence-electron chi connectivity index (χ0n) is 11.0. The minimum Gasteiger partial charge on any atom is -0.372 e. The summed E-state index contributed by atoms with van der Waals surface area (Å²) in [6, 6.07) is 8.45. The van der Waals surface area contributed by atoms with Gasteiger partial charge in [0, 0.05) is 18.9 Å². The van der Waals surface area contributed by atoms with Gasteiger partial charge in [0.15, 0.2) is 0 Å². The van der Waals surface area contributed by atoms with Crippen LogP contribution in [-0.4, -0.2) is 20.4 Å². The van der Waals surface area contributed by atoms with Crippen LogP contribution in [-0.2, 0) is 10.0 Å². The van der Waals surface area contributed by atoms with Crippen molar-refractivity contribution < 1.29 is 8.42 Å². The molecular formula is C13H14ClN3O2S. The Morgan fingerprint density at radius 1 is 1.25 bits per heavy atom. The third-order valence-electron chi connectivity index (χ3n) is 2.63. The molecule has 0 saturated heterocycles. The van der Waals surface area contributed by atoms with Crippen LogP contribution in [0.4, 0.5) is 11.5 Å². The SMILES string of the molecule is CNc1ncc(S(=O)(=O)Nc2cccc(C)c2)cc1Cl. The number of halogens is 1. The lowest BCUT2D eigenvalue weighted by Gasteiger charge is -2.10. The van der Waals surface area contributed by atoms with Crippen molar-refractivity contribution in [3.05, 3.63) is 47.1 Å². The quantitative estimate of drug-likeness (QED) is 0.911. The molecule has 2 N–H and O–H groups in total. The smallest absolute Gasteiger partial charge is 0.263 e. The van der Waals surface area contributed by atoms with Crippen LogP contribution in [0.2, 0.25) is 5.02 Å². The second-order valence-electron chi connectivity index (χ2n) is 4.23. The van der Waals surface area contributed by atoms with Crippen molar-refractivity contribution in [3.8, 4) is 0 Å². The highest BCUT2D eigenvalue weighted by atomic mass is 35.5. The molecule has 0 spiro atoms. The molecule has 0 aliphatic heterocycles. The lowest BCUT2D eigenvalue weighted by molar-refractivity contribution is 0.601. The van der Waals surface area contributed by atoms with Crippen LogP contribution in [0.1, 0.15) is 5.56 Å². The van der Waals surface area contributed by atoms with Gasteiger partial charge in [0.1, 0.15) is 10.7 Å². The molecule has 1 aromatic carbocycles. The molecule has 0 amide bonds. The molecule has 20 heavy (non-hydrogen) atoms. The van der Waals surface area contributed by atoms with Gasteiger partial charge in [-0.3, -0.25) is 4.72 Å². The summed E-state index contributed by atoms with van der Waals surface area (Å²) < 4.78 is 27.0. The number of hydrogen-bond acceptors (Lipinski definition) is 4. The fourth-order valence-corrected chi connectivity index (χ4v) is 3.02. The van der Waals surface area contributed by atoms with Gasteiger partial charge in [-0.25, -0.2) is 13.4 Å². The third-order valence-corrected chi connectivity index (χ3v) is 4.27. The Hall–Kier alpha value is -1.79. The molecule has 0 saturated carbocycles. The van der Waals surface area contributed by atoms with E-state index in [4.69, 9.17) is 11.6 Å². The number of rotatable bonds is 4. The molecule has 7 heteroatoms. The summed E-state index contributed by atoms with van der Waals surface area (Å²) in [5.41, 5.74) is 1.46. The van der Waals surface area contributed by atoms with E-state index in [0.717, 1.165) is 5.56 Å². The van der Waals surface area contributed by atoms with E-state index in [2.05, 4.69) is 15.0 Å². The number of hydrogen-bond donors (Lipinski definition) is 2. The standard InChI is InChI=1S/C13H14ClN3O2S/c1-9-4-3-5-10(6-9)17-20(18,19)11-7-12(14)13(15-2)16-8-11/h3-8,17H,1-2H3,(H,15,16). The van der Waals surface area contributed by atoms with Gasteiger partial charge in [0.2, 0.25) is 0 Å². The monoisotopic (exact) mass is 311 g/mol. The molecule has 2 rings (SSSR count). The summed E-state index contributed by atoms with van der Waals surface area (Å²) >= 11 is 5.95. The zero-order valence-corrected chi connectivity index (χ0v) is 12.6. The Balaban J connectivity index is 2.33. The minimum atomic E-state index is -3.70. The molecule has 0 aliphatic rings. The Bertz CT molecular complexity index is 732. The number of anilines is 2. The van der Waals surface area contributed by atoms with Crippen molar-refractivity contribution in [2.75, 3.05) is 17.1 Å². The lowest BCUT2D eigenvalue weighted by atomic mass is 10.2. The fourth-order valence-electron chi connectivity index (χ4n) is 1.67. The van der Waals surface area contributed by atoms with E-state index >= 15 is 0 Å². The van der Waals surface area contributed by atoms with Crippen LogP contribution in [0.25, 0.3) is 0 Å². The molecule has 0 unspecified atom stereocenters. The van der Waals surface area contributed by atoms with Crippen molar-refractivity contribution in [2.45, 2.75) is 11.8 Å². The highest BCUT2D eigenvalue weighted by Crippen LogP contribution is 2.23. The summed E-state index contributed by atoms with van der Waals surface area (Å²) in [6.45, 7) is 1.89. The Labute approximate surface area is 123 Å². The maximum atomic E-state index is 12.2. The first-order chi connectivity index (χ1) is 9.42. The Morgan fingerprint density at radius 3 is 2.60 bits per heavy atom. The molecule has 0 bridgehead atoms. The van der Waals surface area contributed by atoms with Crippen LogP contribution in [0.15, 0.2) is 41.4 Å². The second kappa shape index (κ2) is 5.68. The summed E-state index contributed by atoms with van der Waals surface area (Å²) in [5.74, 6) is 0.432. The number of aryl methyl sites for hydroxylation is 1. The van der Waals surface area contributed by atoms with Gasteiger partial charge in [-0.05, 0) is 30.7 Å². The van der Waals surface area contributed by atoms with Gasteiger partial charge < -0.3 is 5.32 Å². The number of benzene rings is 1. The number of nitrogens with one attached hydrogen (secondary N) is 2. The maximum Gasteiger partial charge on any atom is 0.263 e. The number of sulfonamides is 1. The molecule has 5 nitrogen and oxygen atoms in total. The number of nitrogens with zero attached hydrogens (tertiary/aromatic N) is 1. The summed E-state index contributed by atoms with van der Waals surface area (Å²) in [5, 5.41) is 3.02. The minimum absolute atomic E-state index is 0.0167. The van der Waals surface area contributed by atoms with Crippen LogP contribution in [0.5, 0.6) is 0 Å². The van der Waals surface area contributed by atoms with Gasteiger partial charge in [0.05, 0.1) is 5.02 Å². The van der Waals surface area contributed by atoms with E-state index in [9.17, 15) is 8.42 Å². The third kappa shape index (κ3) is 3.20. The van der Waals surface area contributed by atoms with E-state index in [0.29, 0.717) is 11.5 Å². The first kappa shape index (κ1) is 14.6. The van der Waals surface area contributed by atoms with Crippen molar-refractivity contribution in [3.63, 3.8) is 0 Å². The zero-order chi connectivity index (χ0) is 14.8. The normalized spacial score (nSPS) is 11.2. The fraction of sp³-hybridized carbons (Fsp3) is 0.154. The summed E-state index contributed by atoms with van der Waals surface area (Å²) in [6.07, 6.45) is 1.26. The molecule has 0 fully saturated rings. The van der Waals surface area contributed by atoms with E-state index in [1.165, 1.54) is 12.3 Å². The first-order valence-corrected chi connectivity index (χ1v) is 7.71. The number of pyridine rings is 1. The van der Waals surface area contributed by atoms with Crippen molar-refractivity contribution in [2.24, 2.45) is 0 Å². The summed E-state index contributed by atoms with van der Waals surface area (Å²) in [7, 11) is -2.04. The van der Waals surface area contributed by atoms with Crippen molar-refractivity contribution in [1.29, 1.82) is 0 Å². The van der Waals surface area contributed by atoms with Crippen LogP contribution in [0, 0.1) is 6.92 Å². The molecule has 0 radical (unpaired) electrons. The Morgan fingerprint density at radius 2 is 2.00 bits per heavy atom. The van der Waals surface area contributed by atoms with E-state index in [-0.39, 0.29) is 9.92 Å². The molecule has 0 aliphatic carbocycles. The first-order valence-electron chi connectivity index (χ1n) is 5.85. The van der Waals surface area contributed by atoms with E-state index in [1.54, 1.807) is 25.2 Å². The summed E-state index contributed by atoms with van der Waals surface area (Å²) in [4.78, 5) is 3.98. The molecular weight excluding hydrogens is 298 g/mol. The van der Waals surface area contributed by atoms with Crippen molar-refractivity contribution in [1.82, 2.24) is 4.98 Å². The molecule has 0 atom stereocenters. The van der Waals surface area contributed by atoms with Crippen LogP contribution >= 0.6 is 11.6 Å². The molecule has 2 aromatic rings. The lowest BCUT2D eigenvalue weighted by Crippen LogP contribution is -2.13. The topological polar surface area (TPSA) is 71.1 Å². The molecule has 1 aromatic heterocycles. The van der Waals surface area contributed by atoms with E-state index < -0.39 is 10.0 Å². The Kier molecular flexibility index (Phi) is 4.15. The largest absolute Gasteiger partial charge is 0.372 e. The van der Waals surface area contributed by atoms with Gasteiger partial charge in [-0.2, -0.15) is 0 Å². The van der Waals surface area contributed by atoms with Gasteiger partial charge in [-0.15, -0.1) is 0 Å². The predicted octanol–water partition coefficient (Wildman–Crippen LogP) is 2.89. The van der Waals surface area contributed by atoms with Crippen LogP contribution in [0.3, 0.4) is 0 Å². The van der Waals surface area contributed by atoms with E-state index in [1.807, 2.05) is 13.0 Å². The van der Waals surface area contributed by atoms with Crippen LogP contribution < -0.4 is 10.0 Å².